The summed E-state index contributed by atoms with van der Waals surface area (Å²) in [5.41, 5.74) is 1.04. The quantitative estimate of drug-likeness (QED) is 0.930. The highest BCUT2D eigenvalue weighted by molar-refractivity contribution is 5.48. The Hall–Kier alpha value is -2.44. The maximum Gasteiger partial charge on any atom is 0.225 e. The van der Waals surface area contributed by atoms with Gasteiger partial charge in [-0.25, -0.2) is 19.3 Å². The van der Waals surface area contributed by atoms with E-state index in [0.29, 0.717) is 12.0 Å². The summed E-state index contributed by atoms with van der Waals surface area (Å²) in [5.74, 6) is 1.15. The molecule has 3 rings (SSSR count). The van der Waals surface area contributed by atoms with Gasteiger partial charge in [-0.15, -0.1) is 0 Å². The fourth-order valence-corrected chi connectivity index (χ4v) is 2.88. The van der Waals surface area contributed by atoms with Gasteiger partial charge in [-0.2, -0.15) is 0 Å². The molecule has 1 unspecified atom stereocenters. The molecule has 1 atom stereocenters. The first-order valence-corrected chi connectivity index (χ1v) is 8.24. The highest BCUT2D eigenvalue weighted by Crippen LogP contribution is 2.20. The van der Waals surface area contributed by atoms with Crippen molar-refractivity contribution in [2.24, 2.45) is 0 Å². The molecule has 0 spiro atoms. The Morgan fingerprint density at radius 3 is 2.54 bits per heavy atom. The number of anilines is 3. The van der Waals surface area contributed by atoms with Crippen molar-refractivity contribution in [1.29, 1.82) is 0 Å². The first-order valence-electron chi connectivity index (χ1n) is 8.24. The van der Waals surface area contributed by atoms with Gasteiger partial charge in [0, 0.05) is 33.2 Å². The summed E-state index contributed by atoms with van der Waals surface area (Å²) in [6.07, 6.45) is 7.42. The van der Waals surface area contributed by atoms with Gasteiger partial charge in [0.25, 0.3) is 0 Å². The fraction of sp³-hybridized carbons (Fsp3) is 0.471. The lowest BCUT2D eigenvalue weighted by Crippen LogP contribution is -2.27. The van der Waals surface area contributed by atoms with Crippen LogP contribution in [0.1, 0.15) is 19.3 Å². The molecule has 1 aliphatic heterocycles. The molecule has 0 saturated carbocycles. The van der Waals surface area contributed by atoms with Gasteiger partial charge >= 0.3 is 0 Å². The second-order valence-corrected chi connectivity index (χ2v) is 6.26. The normalized spacial score (nSPS) is 18.1. The van der Waals surface area contributed by atoms with Gasteiger partial charge in [0.2, 0.25) is 5.95 Å². The Morgan fingerprint density at radius 2 is 1.88 bits per heavy atom. The third kappa shape index (κ3) is 4.10. The summed E-state index contributed by atoms with van der Waals surface area (Å²) in [5, 5.41) is 3.56. The minimum absolute atomic E-state index is 0.391. The summed E-state index contributed by atoms with van der Waals surface area (Å²) < 4.78 is 13.0. The van der Waals surface area contributed by atoms with E-state index in [2.05, 4.69) is 31.2 Å². The van der Waals surface area contributed by atoms with Gasteiger partial charge in [0.1, 0.15) is 5.82 Å². The number of pyridine rings is 1. The third-order valence-corrected chi connectivity index (χ3v) is 4.19. The lowest BCUT2D eigenvalue weighted by atomic mass is 10.1. The van der Waals surface area contributed by atoms with E-state index in [9.17, 15) is 4.39 Å². The molecule has 1 saturated heterocycles. The van der Waals surface area contributed by atoms with Crippen LogP contribution in [-0.4, -0.2) is 48.2 Å². The molecule has 2 aromatic rings. The minimum Gasteiger partial charge on any atom is -0.381 e. The van der Waals surface area contributed by atoms with Gasteiger partial charge in [0.15, 0.2) is 5.82 Å². The van der Waals surface area contributed by atoms with Crippen LogP contribution >= 0.6 is 0 Å². The molecule has 128 valence electrons. The SMILES string of the molecule is CN(C)c1ccc(NC2CCCN(c3ncc(F)cn3)CC2)cn1. The van der Waals surface area contributed by atoms with Crippen molar-refractivity contribution >= 4 is 17.5 Å². The predicted molar refractivity (Wildman–Crippen MR) is 94.0 cm³/mol. The van der Waals surface area contributed by atoms with E-state index in [-0.39, 0.29) is 0 Å². The van der Waals surface area contributed by atoms with Crippen molar-refractivity contribution in [1.82, 2.24) is 15.0 Å². The van der Waals surface area contributed by atoms with Gasteiger partial charge in [0.05, 0.1) is 24.3 Å². The zero-order valence-corrected chi connectivity index (χ0v) is 14.1. The summed E-state index contributed by atoms with van der Waals surface area (Å²) in [6.45, 7) is 1.74. The zero-order valence-electron chi connectivity index (χ0n) is 14.1. The minimum atomic E-state index is -0.401. The smallest absolute Gasteiger partial charge is 0.225 e. The summed E-state index contributed by atoms with van der Waals surface area (Å²) in [4.78, 5) is 16.7. The number of nitrogens with zero attached hydrogens (tertiary/aromatic N) is 5. The van der Waals surface area contributed by atoms with E-state index in [1.54, 1.807) is 0 Å². The van der Waals surface area contributed by atoms with Crippen LogP contribution in [-0.2, 0) is 0 Å². The van der Waals surface area contributed by atoms with Crippen LogP contribution in [0.2, 0.25) is 0 Å². The van der Waals surface area contributed by atoms with E-state index in [1.807, 2.05) is 31.3 Å². The molecular formula is C17H23FN6. The molecular weight excluding hydrogens is 307 g/mol. The lowest BCUT2D eigenvalue weighted by Gasteiger charge is -2.21. The van der Waals surface area contributed by atoms with Crippen molar-refractivity contribution in [2.45, 2.75) is 25.3 Å². The molecule has 3 heterocycles. The number of halogens is 1. The van der Waals surface area contributed by atoms with Crippen LogP contribution in [0.25, 0.3) is 0 Å². The van der Waals surface area contributed by atoms with Crippen molar-refractivity contribution < 1.29 is 4.39 Å². The number of hydrogen-bond donors (Lipinski definition) is 1. The Morgan fingerprint density at radius 1 is 1.08 bits per heavy atom. The zero-order chi connectivity index (χ0) is 16.9. The van der Waals surface area contributed by atoms with Crippen molar-refractivity contribution in [3.63, 3.8) is 0 Å². The maximum atomic E-state index is 13.0. The highest BCUT2D eigenvalue weighted by atomic mass is 19.1. The first-order chi connectivity index (χ1) is 11.6. The van der Waals surface area contributed by atoms with Crippen molar-refractivity contribution in [3.05, 3.63) is 36.5 Å². The van der Waals surface area contributed by atoms with Gasteiger partial charge in [-0.05, 0) is 31.4 Å². The molecule has 2 aromatic heterocycles. The van der Waals surface area contributed by atoms with Crippen LogP contribution in [0.5, 0.6) is 0 Å². The molecule has 1 fully saturated rings. The Kier molecular flexibility index (Phi) is 5.08. The molecule has 0 bridgehead atoms. The average Bonchev–Trinajstić information content (AvgIpc) is 2.82. The standard InChI is InChI=1S/C17H23FN6/c1-23(2)16-6-5-15(12-19-16)22-14-4-3-8-24(9-7-14)17-20-10-13(18)11-21-17/h5-6,10-12,14,22H,3-4,7-9H2,1-2H3. The number of aromatic nitrogens is 3. The van der Waals surface area contributed by atoms with Crippen molar-refractivity contribution in [3.8, 4) is 0 Å². The summed E-state index contributed by atoms with van der Waals surface area (Å²) in [7, 11) is 3.96. The molecule has 0 amide bonds. The maximum absolute atomic E-state index is 13.0. The molecule has 0 aliphatic carbocycles. The predicted octanol–water partition coefficient (Wildman–Crippen LogP) is 2.55. The summed E-state index contributed by atoms with van der Waals surface area (Å²) >= 11 is 0. The summed E-state index contributed by atoms with van der Waals surface area (Å²) in [6, 6.07) is 4.47. The van der Waals surface area contributed by atoms with Crippen LogP contribution in [0.3, 0.4) is 0 Å². The first kappa shape index (κ1) is 16.4. The number of nitrogens with one attached hydrogen (secondary N) is 1. The molecule has 1 aliphatic rings. The topological polar surface area (TPSA) is 57.2 Å². The third-order valence-electron chi connectivity index (χ3n) is 4.19. The molecule has 6 nitrogen and oxygen atoms in total. The largest absolute Gasteiger partial charge is 0.381 e. The average molecular weight is 330 g/mol. The van der Waals surface area contributed by atoms with Crippen LogP contribution in [0.15, 0.2) is 30.7 Å². The monoisotopic (exact) mass is 330 g/mol. The van der Waals surface area contributed by atoms with E-state index >= 15 is 0 Å². The van der Waals surface area contributed by atoms with Gasteiger partial charge in [-0.1, -0.05) is 0 Å². The Bertz CT molecular complexity index is 643. The number of hydrogen-bond acceptors (Lipinski definition) is 6. The molecule has 1 N–H and O–H groups in total. The van der Waals surface area contributed by atoms with E-state index < -0.39 is 5.82 Å². The van der Waals surface area contributed by atoms with Crippen LogP contribution < -0.4 is 15.1 Å². The lowest BCUT2D eigenvalue weighted by molar-refractivity contribution is 0.610. The Balaban J connectivity index is 1.58. The molecule has 0 radical (unpaired) electrons. The van der Waals surface area contributed by atoms with E-state index in [0.717, 1.165) is 43.9 Å². The second kappa shape index (κ2) is 7.42. The fourth-order valence-electron chi connectivity index (χ4n) is 2.88. The molecule has 24 heavy (non-hydrogen) atoms. The number of rotatable bonds is 4. The second-order valence-electron chi connectivity index (χ2n) is 6.26. The van der Waals surface area contributed by atoms with Crippen LogP contribution in [0.4, 0.5) is 21.8 Å². The van der Waals surface area contributed by atoms with Crippen LogP contribution in [0, 0.1) is 5.82 Å². The van der Waals surface area contributed by atoms with Gasteiger partial charge in [-0.3, -0.25) is 0 Å². The van der Waals surface area contributed by atoms with Crippen molar-refractivity contribution in [2.75, 3.05) is 42.3 Å². The molecule has 0 aromatic carbocycles. The van der Waals surface area contributed by atoms with Gasteiger partial charge < -0.3 is 15.1 Å². The molecule has 7 heteroatoms. The van der Waals surface area contributed by atoms with E-state index in [4.69, 9.17) is 0 Å². The van der Waals surface area contributed by atoms with E-state index in [1.165, 1.54) is 12.4 Å². The Labute approximate surface area is 141 Å². The highest BCUT2D eigenvalue weighted by Gasteiger charge is 2.18.